The number of carbonyl (C=O) groups excluding carboxylic acids is 14. The van der Waals surface area contributed by atoms with Crippen molar-refractivity contribution in [1.29, 1.82) is 0 Å². The Labute approximate surface area is 640 Å². The number of Topliss-reactive ketones (excluding diaryl/α,β-unsaturated/α-hetero) is 1. The van der Waals surface area contributed by atoms with Gasteiger partial charge >= 0.3 is 65.7 Å². The normalized spacial score (nSPS) is 35.3. The maximum Gasteiger partial charge on any atom is 0.306 e. The number of fused-ring (bicyclic) bond motifs is 6. The Morgan fingerprint density at radius 3 is 0.982 bits per heavy atom. The number of allylic oxidation sites excluding steroid dienone is 1. The van der Waals surface area contributed by atoms with E-state index in [-0.39, 0.29) is 216 Å². The van der Waals surface area contributed by atoms with Gasteiger partial charge in [0.25, 0.3) is 0 Å². The molecule has 0 aromatic heterocycles. The van der Waals surface area contributed by atoms with E-state index in [2.05, 4.69) is 0 Å². The molecule has 12 rings (SSSR count). The Morgan fingerprint density at radius 1 is 0.418 bits per heavy atom. The lowest BCUT2D eigenvalue weighted by molar-refractivity contribution is -0.152. The lowest BCUT2D eigenvalue weighted by Crippen LogP contribution is -2.25. The molecule has 0 aromatic rings. The van der Waals surface area contributed by atoms with Gasteiger partial charge in [-0.15, -0.1) is 0 Å². The zero-order valence-electron chi connectivity index (χ0n) is 64.8. The standard InChI is InChI=1S/C13H20O5.2C13H18O5.C13H16O5.C11H16O4.C10H12O5.C5H11O2P/c4*1-7(14)3-4-9-10-5-13(16)18-12(10)6-11(9)17-8(2)15;1-6(12)2-3-7-8-4-11(14)15-10(8)5-9(7)13;1-5(12)14-9-3-8-6(7(9)4-11)2-10(13)15-8;1-5(6)4-8(2,3)7/h7,9-12,14H,3-6H2,1-2H3;2*3-4,7,9-12,14H,5-6H2,1-2H3;3-4,9-12H,5-6H2,1-2H3;2-3,6-10,12-13H,4-5H2,1H3;4,6-9H,2-3H2,1H3;4H2,1-3H3/b;3*4-3+;;;/t7-,9+,10+,11+,12-;7?,9-,10-,11-,12+;7-,9+,10+,11+,12-;9-,10-,11-,12+;6-,7+,8+,9+,10-;6-,7-,8+,9-;/m010101./s1. The molecule has 1 unspecified atom stereocenters. The number of esters is 11. The number of aldehydes is 1. The number of hydrogen-bond acceptors (Lipinski definition) is 31. The van der Waals surface area contributed by atoms with E-state index in [4.69, 9.17) is 57.2 Å². The molecular weight excluding hydrogens is 1460 g/mol. The van der Waals surface area contributed by atoms with Crippen molar-refractivity contribution >= 4 is 90.7 Å². The van der Waals surface area contributed by atoms with Crippen LogP contribution in [0.2, 0.25) is 0 Å². The molecule has 0 spiro atoms. The lowest BCUT2D eigenvalue weighted by atomic mass is 9.87. The van der Waals surface area contributed by atoms with Crippen LogP contribution in [0, 0.1) is 71.0 Å². The van der Waals surface area contributed by atoms with Gasteiger partial charge in [-0.1, -0.05) is 42.5 Å². The highest BCUT2D eigenvalue weighted by atomic mass is 31.2. The van der Waals surface area contributed by atoms with Gasteiger partial charge in [0.05, 0.1) is 88.3 Å². The topological polar surface area (TPSA) is 459 Å². The van der Waals surface area contributed by atoms with E-state index in [1.54, 1.807) is 65.3 Å². The second kappa shape index (κ2) is 41.6. The van der Waals surface area contributed by atoms with Crippen molar-refractivity contribution in [2.75, 3.05) is 19.5 Å². The van der Waals surface area contributed by atoms with Crippen molar-refractivity contribution in [2.24, 2.45) is 71.0 Å². The number of carbonyl (C=O) groups is 14. The zero-order valence-corrected chi connectivity index (χ0v) is 65.7. The van der Waals surface area contributed by atoms with E-state index < -0.39 is 49.5 Å². The number of ether oxygens (including phenoxy) is 11. The van der Waals surface area contributed by atoms with E-state index in [1.165, 1.54) is 54.5 Å². The molecule has 0 radical (unpaired) electrons. The van der Waals surface area contributed by atoms with Crippen molar-refractivity contribution in [3.8, 4) is 0 Å². The van der Waals surface area contributed by atoms with Crippen LogP contribution in [0.4, 0.5) is 0 Å². The van der Waals surface area contributed by atoms with Gasteiger partial charge in [0.15, 0.2) is 5.78 Å². The summed E-state index contributed by atoms with van der Waals surface area (Å²) in [6, 6.07) is 0. The van der Waals surface area contributed by atoms with Crippen LogP contribution < -0.4 is 0 Å². The van der Waals surface area contributed by atoms with E-state index >= 15 is 0 Å². The van der Waals surface area contributed by atoms with Crippen molar-refractivity contribution in [3.05, 3.63) is 48.6 Å². The summed E-state index contributed by atoms with van der Waals surface area (Å²) in [5.74, 6) is -3.30. The summed E-state index contributed by atoms with van der Waals surface area (Å²) in [7, 11) is -2.07. The fourth-order valence-electron chi connectivity index (χ4n) is 16.9. The van der Waals surface area contributed by atoms with Crippen molar-refractivity contribution in [3.63, 3.8) is 0 Å². The molecule has 12 fully saturated rings. The third-order valence-corrected chi connectivity index (χ3v) is 22.3. The average molecular weight is 1580 g/mol. The van der Waals surface area contributed by atoms with Gasteiger partial charge in [-0.05, 0) is 73.8 Å². The monoisotopic (exact) mass is 1570 g/mol. The van der Waals surface area contributed by atoms with Gasteiger partial charge in [-0.3, -0.25) is 62.3 Å². The first-order valence-corrected chi connectivity index (χ1v) is 40.4. The molecule has 6 aliphatic carbocycles. The van der Waals surface area contributed by atoms with Crippen LogP contribution in [0.25, 0.3) is 0 Å². The molecule has 6 saturated carbocycles. The summed E-state index contributed by atoms with van der Waals surface area (Å²) in [6.07, 6.45) is 16.4. The predicted molar refractivity (Wildman–Crippen MR) is 385 cm³/mol. The second-order valence-corrected chi connectivity index (χ2v) is 34.5. The van der Waals surface area contributed by atoms with Crippen LogP contribution in [0.1, 0.15) is 166 Å². The molecule has 31 nitrogen and oxygen atoms in total. The van der Waals surface area contributed by atoms with Crippen LogP contribution in [0.15, 0.2) is 48.6 Å². The molecule has 6 aliphatic heterocycles. The summed E-state index contributed by atoms with van der Waals surface area (Å²) >= 11 is 0. The van der Waals surface area contributed by atoms with Gasteiger partial charge in [0.1, 0.15) is 79.2 Å². The second-order valence-electron chi connectivity index (χ2n) is 31.0. The van der Waals surface area contributed by atoms with E-state index in [0.717, 1.165) is 12.7 Å². The maximum atomic E-state index is 11.3. The summed E-state index contributed by atoms with van der Waals surface area (Å²) < 4.78 is 67.9. The molecule has 6 heterocycles. The highest BCUT2D eigenvalue weighted by molar-refractivity contribution is 7.63. The van der Waals surface area contributed by atoms with Crippen molar-refractivity contribution in [1.82, 2.24) is 0 Å². The Hall–Kier alpha value is -7.83. The summed E-state index contributed by atoms with van der Waals surface area (Å²) in [6.45, 7) is 19.7. The number of aliphatic hydroxyl groups is 5. The molecule has 6 saturated heterocycles. The Morgan fingerprint density at radius 2 is 0.691 bits per heavy atom. The molecule has 28 atom stereocenters. The molecular formula is C78H111O31P. The highest BCUT2D eigenvalue weighted by Gasteiger charge is 2.56. The number of aliphatic hydroxyl groups excluding tert-OH is 5. The van der Waals surface area contributed by atoms with E-state index in [1.807, 2.05) is 18.2 Å². The minimum absolute atomic E-state index is 0.0115. The summed E-state index contributed by atoms with van der Waals surface area (Å²) in [5.41, 5.74) is 0. The largest absolute Gasteiger partial charge is 0.462 e. The fourth-order valence-corrected chi connectivity index (χ4v) is 18.0. The third kappa shape index (κ3) is 27.8. The first kappa shape index (κ1) is 91.1. The van der Waals surface area contributed by atoms with E-state index in [9.17, 15) is 92.1 Å². The van der Waals surface area contributed by atoms with Crippen LogP contribution in [-0.4, -0.2) is 226 Å². The Balaban J connectivity index is 0.000000202. The minimum Gasteiger partial charge on any atom is -0.462 e. The fraction of sp³-hybridized carbons (Fsp3) is 0.718. The maximum absolute atomic E-state index is 11.3. The molecule has 614 valence electrons. The van der Waals surface area contributed by atoms with Crippen LogP contribution in [0.3, 0.4) is 0 Å². The number of ketones is 2. The third-order valence-electron chi connectivity index (χ3n) is 21.1. The number of hydrogen-bond donors (Lipinski definition) is 5. The van der Waals surface area contributed by atoms with Crippen LogP contribution in [-0.2, 0) is 124 Å². The van der Waals surface area contributed by atoms with E-state index in [0.29, 0.717) is 77.0 Å². The molecule has 32 heteroatoms. The van der Waals surface area contributed by atoms with Crippen molar-refractivity contribution in [2.45, 2.75) is 264 Å². The molecule has 12 aliphatic rings. The Bertz CT molecular complexity index is 3380. The minimum atomic E-state index is -2.07. The van der Waals surface area contributed by atoms with Gasteiger partial charge in [-0.2, -0.15) is 0 Å². The first-order valence-electron chi connectivity index (χ1n) is 37.6. The molecule has 0 amide bonds. The number of rotatable bonds is 19. The quantitative estimate of drug-likeness (QED) is 0.0278. The van der Waals surface area contributed by atoms with Crippen LogP contribution in [0.5, 0.6) is 0 Å². The summed E-state index contributed by atoms with van der Waals surface area (Å²) in [5, 5.41) is 46.8. The van der Waals surface area contributed by atoms with Crippen molar-refractivity contribution < 1.29 is 149 Å². The Kier molecular flexibility index (Phi) is 34.5. The zero-order chi connectivity index (χ0) is 81.9. The average Bonchev–Trinajstić information content (AvgIpc) is 1.67. The predicted octanol–water partition coefficient (Wildman–Crippen LogP) is 5.16. The molecule has 0 bridgehead atoms. The van der Waals surface area contributed by atoms with Gasteiger partial charge in [0.2, 0.25) is 0 Å². The molecule has 5 N–H and O–H groups in total. The van der Waals surface area contributed by atoms with Gasteiger partial charge in [0, 0.05) is 138 Å². The van der Waals surface area contributed by atoms with Crippen LogP contribution >= 0.6 is 7.14 Å². The summed E-state index contributed by atoms with van der Waals surface area (Å²) in [4.78, 5) is 154. The van der Waals surface area contributed by atoms with Gasteiger partial charge < -0.3 is 87.0 Å². The first-order chi connectivity index (χ1) is 51.5. The SMILES string of the molecule is CC(=O)/C=C/[C@@H]1[C@H]2CC(=O)O[C@H]2C[C@H]1OC(C)=O.CC(=O)CP(C)(C)=O.CC(=O)O[C@@H]1C[C@@H]2OC(=O)C[C@@H]2[C@H]1/C=C/C(C)O.CC(=O)O[C@@H]1C[C@@H]2OC(=O)C[C@@H]2[C@H]1/C=C/[C@H](C)O.CC(=O)O[C@@H]1C[C@@H]2OC(=O)C[C@@H]2[C@H]1C=O.CC(=O)O[C@@H]1C[C@@H]2OC(=O)C[C@@H]2[C@H]1CC[C@H](C)O.C[C@H](O)C=C[C@@H]1[C@H]2CC(=O)O[C@H]2C[C@H]1O. The highest BCUT2D eigenvalue weighted by Crippen LogP contribution is 2.49. The smallest absolute Gasteiger partial charge is 0.306 e. The van der Waals surface area contributed by atoms with Gasteiger partial charge in [-0.25, -0.2) is 0 Å². The molecule has 0 aromatic carbocycles. The molecule has 110 heavy (non-hydrogen) atoms. The lowest BCUT2D eigenvalue weighted by Gasteiger charge is -2.23.